The molecular weight excluding hydrogens is 290 g/mol. The molecule has 0 aromatic heterocycles. The van der Waals surface area contributed by atoms with E-state index < -0.39 is 17.4 Å². The molecule has 2 nitrogen and oxygen atoms in total. The van der Waals surface area contributed by atoms with Gasteiger partial charge in [0.2, 0.25) is 8.32 Å². The van der Waals surface area contributed by atoms with E-state index in [-0.39, 0.29) is 0 Å². The second-order valence-corrected chi connectivity index (χ2v) is 12.0. The second kappa shape index (κ2) is 7.70. The summed E-state index contributed by atoms with van der Waals surface area (Å²) < 4.78 is 6.73. The predicted molar refractivity (Wildman–Crippen MR) is 96.3 cm³/mol. The zero-order valence-electron chi connectivity index (χ0n) is 13.0. The van der Waals surface area contributed by atoms with Crippen molar-refractivity contribution in [1.82, 2.24) is 0 Å². The molecule has 0 amide bonds. The third-order valence-corrected chi connectivity index (χ3v) is 11.5. The van der Waals surface area contributed by atoms with Gasteiger partial charge in [-0.05, 0) is 42.5 Å². The molecule has 0 saturated heterocycles. The number of hydrogen-bond donors (Lipinski definition) is 1. The lowest BCUT2D eigenvalue weighted by Gasteiger charge is -2.32. The van der Waals surface area contributed by atoms with Gasteiger partial charge in [0.15, 0.2) is 9.04 Å². The monoisotopic (exact) mass is 315 g/mol. The topological polar surface area (TPSA) is 35.2 Å². The van der Waals surface area contributed by atoms with E-state index >= 15 is 0 Å². The lowest BCUT2D eigenvalue weighted by atomic mass is 10.4. The fourth-order valence-electron chi connectivity index (χ4n) is 2.68. The summed E-state index contributed by atoms with van der Waals surface area (Å²) in [5.74, 6) is 0. The molecule has 0 radical (unpaired) electrons. The molecule has 0 saturated carbocycles. The molecule has 0 aliphatic rings. The Bertz CT molecular complexity index is 494. The number of rotatable bonds is 7. The minimum Gasteiger partial charge on any atom is -0.452 e. The van der Waals surface area contributed by atoms with E-state index in [9.17, 15) is 0 Å². The van der Waals surface area contributed by atoms with Gasteiger partial charge in [-0.1, -0.05) is 60.7 Å². The van der Waals surface area contributed by atoms with E-state index in [4.69, 9.17) is 9.85 Å². The van der Waals surface area contributed by atoms with Crippen LogP contribution in [-0.2, 0) is 4.12 Å². The van der Waals surface area contributed by atoms with Crippen LogP contribution in [0.5, 0.6) is 0 Å². The Morgan fingerprint density at radius 2 is 1.43 bits per heavy atom. The fraction of sp³-hybridized carbons (Fsp3) is 0.294. The Hall–Kier alpha value is -1.21. The first-order chi connectivity index (χ1) is 10.2. The standard InChI is InChI=1S/C17H25NOSi2/c1-20(15-9-14-18)19-21(2,16-10-5-3-6-11-16)17-12-7-4-8-13-17/h3-8,10-13,20H,9,14-15,18H2,1-2H3. The Kier molecular flexibility index (Phi) is 5.93. The highest BCUT2D eigenvalue weighted by molar-refractivity contribution is 6.99. The average Bonchev–Trinajstić information content (AvgIpc) is 2.54. The Balaban J connectivity index is 2.31. The maximum absolute atomic E-state index is 6.73. The van der Waals surface area contributed by atoms with Gasteiger partial charge in [-0.15, -0.1) is 0 Å². The van der Waals surface area contributed by atoms with Crippen molar-refractivity contribution in [2.24, 2.45) is 5.73 Å². The normalized spacial score (nSPS) is 13.1. The van der Waals surface area contributed by atoms with Crippen molar-refractivity contribution >= 4 is 27.7 Å². The maximum atomic E-state index is 6.73. The van der Waals surface area contributed by atoms with Crippen molar-refractivity contribution in [2.75, 3.05) is 6.54 Å². The highest BCUT2D eigenvalue weighted by atomic mass is 28.4. The van der Waals surface area contributed by atoms with E-state index in [1.807, 2.05) is 0 Å². The number of benzene rings is 2. The molecule has 1 unspecified atom stereocenters. The SMILES string of the molecule is C[SiH](CCCN)O[Si](C)(c1ccccc1)c1ccccc1. The van der Waals surface area contributed by atoms with Crippen molar-refractivity contribution < 1.29 is 4.12 Å². The largest absolute Gasteiger partial charge is 0.452 e. The summed E-state index contributed by atoms with van der Waals surface area (Å²) in [7, 11) is -3.30. The predicted octanol–water partition coefficient (Wildman–Crippen LogP) is 2.10. The van der Waals surface area contributed by atoms with Gasteiger partial charge in [-0.3, -0.25) is 0 Å². The van der Waals surface area contributed by atoms with Crippen LogP contribution in [0.25, 0.3) is 0 Å². The van der Waals surface area contributed by atoms with Crippen LogP contribution < -0.4 is 16.1 Å². The molecule has 2 aromatic rings. The number of hydrogen-bond acceptors (Lipinski definition) is 2. The molecule has 0 aliphatic heterocycles. The smallest absolute Gasteiger partial charge is 0.241 e. The van der Waals surface area contributed by atoms with Crippen molar-refractivity contribution in [1.29, 1.82) is 0 Å². The summed E-state index contributed by atoms with van der Waals surface area (Å²) in [6.07, 6.45) is 1.07. The van der Waals surface area contributed by atoms with E-state index in [1.54, 1.807) is 0 Å². The van der Waals surface area contributed by atoms with Gasteiger partial charge in [-0.2, -0.15) is 0 Å². The lowest BCUT2D eigenvalue weighted by Crippen LogP contribution is -2.60. The van der Waals surface area contributed by atoms with Crippen LogP contribution in [0.4, 0.5) is 0 Å². The molecule has 21 heavy (non-hydrogen) atoms. The number of nitrogens with two attached hydrogens (primary N) is 1. The second-order valence-electron chi connectivity index (χ2n) is 5.62. The first-order valence-corrected chi connectivity index (χ1v) is 12.5. The summed E-state index contributed by atoms with van der Waals surface area (Å²) in [5.41, 5.74) is 5.64. The zero-order chi connectivity index (χ0) is 15.1. The highest BCUT2D eigenvalue weighted by Gasteiger charge is 2.35. The summed E-state index contributed by atoms with van der Waals surface area (Å²) >= 11 is 0. The van der Waals surface area contributed by atoms with Gasteiger partial charge >= 0.3 is 0 Å². The molecule has 0 heterocycles. The summed E-state index contributed by atoms with van der Waals surface area (Å²) in [4.78, 5) is 0. The highest BCUT2D eigenvalue weighted by Crippen LogP contribution is 2.12. The van der Waals surface area contributed by atoms with E-state index in [2.05, 4.69) is 73.8 Å². The quantitative estimate of drug-likeness (QED) is 0.794. The molecule has 4 heteroatoms. The average molecular weight is 316 g/mol. The van der Waals surface area contributed by atoms with Gasteiger partial charge in [0, 0.05) is 0 Å². The van der Waals surface area contributed by atoms with Crippen LogP contribution in [0, 0.1) is 0 Å². The molecule has 112 valence electrons. The van der Waals surface area contributed by atoms with Gasteiger partial charge in [0.1, 0.15) is 0 Å². The lowest BCUT2D eigenvalue weighted by molar-refractivity contribution is 0.583. The summed E-state index contributed by atoms with van der Waals surface area (Å²) in [6.45, 7) is 5.38. The van der Waals surface area contributed by atoms with Crippen LogP contribution in [0.15, 0.2) is 60.7 Å². The Morgan fingerprint density at radius 3 is 1.86 bits per heavy atom. The van der Waals surface area contributed by atoms with Crippen LogP contribution in [0.1, 0.15) is 6.42 Å². The summed E-state index contributed by atoms with van der Waals surface area (Å²) in [6, 6.07) is 22.6. The van der Waals surface area contributed by atoms with Gasteiger partial charge in [0.25, 0.3) is 0 Å². The van der Waals surface area contributed by atoms with Crippen LogP contribution in [0.3, 0.4) is 0 Å². The van der Waals surface area contributed by atoms with Crippen molar-refractivity contribution in [3.8, 4) is 0 Å². The Morgan fingerprint density at radius 1 is 0.952 bits per heavy atom. The van der Waals surface area contributed by atoms with E-state index in [0.717, 1.165) is 19.0 Å². The van der Waals surface area contributed by atoms with Crippen molar-refractivity contribution in [2.45, 2.75) is 25.6 Å². The van der Waals surface area contributed by atoms with Gasteiger partial charge in [-0.25, -0.2) is 0 Å². The van der Waals surface area contributed by atoms with E-state index in [1.165, 1.54) is 10.4 Å². The fourth-order valence-corrected chi connectivity index (χ4v) is 10.3. The third-order valence-electron chi connectivity index (χ3n) is 3.90. The zero-order valence-corrected chi connectivity index (χ0v) is 15.1. The van der Waals surface area contributed by atoms with Gasteiger partial charge in [0.05, 0.1) is 0 Å². The third kappa shape index (κ3) is 4.14. The van der Waals surface area contributed by atoms with Crippen LogP contribution in [-0.4, -0.2) is 23.9 Å². The first kappa shape index (κ1) is 16.2. The van der Waals surface area contributed by atoms with Crippen molar-refractivity contribution in [3.63, 3.8) is 0 Å². The molecule has 0 fully saturated rings. The van der Waals surface area contributed by atoms with Gasteiger partial charge < -0.3 is 9.85 Å². The summed E-state index contributed by atoms with van der Waals surface area (Å²) in [5, 5.41) is 2.70. The Labute approximate surface area is 130 Å². The van der Waals surface area contributed by atoms with Crippen molar-refractivity contribution in [3.05, 3.63) is 60.7 Å². The molecule has 0 aliphatic carbocycles. The molecule has 2 rings (SSSR count). The van der Waals surface area contributed by atoms with Crippen LogP contribution in [0.2, 0.25) is 19.1 Å². The molecular formula is C17H25NOSi2. The maximum Gasteiger partial charge on any atom is 0.241 e. The molecule has 1 atom stereocenters. The molecule has 0 spiro atoms. The van der Waals surface area contributed by atoms with E-state index in [0.29, 0.717) is 0 Å². The molecule has 0 bridgehead atoms. The minimum absolute atomic E-state index is 0.760. The first-order valence-electron chi connectivity index (χ1n) is 7.66. The van der Waals surface area contributed by atoms with Crippen LogP contribution >= 0.6 is 0 Å². The molecule has 2 aromatic carbocycles. The minimum atomic E-state index is -2.09. The molecule has 2 N–H and O–H groups in total.